The summed E-state index contributed by atoms with van der Waals surface area (Å²) < 4.78 is 10.8. The number of carbonyl (C=O) groups is 1. The maximum absolute atomic E-state index is 12.4. The van der Waals surface area contributed by atoms with Gasteiger partial charge in [0.25, 0.3) is 5.91 Å². The third kappa shape index (κ3) is 5.87. The van der Waals surface area contributed by atoms with Crippen molar-refractivity contribution in [3.63, 3.8) is 0 Å². The van der Waals surface area contributed by atoms with E-state index in [2.05, 4.69) is 39.4 Å². The molecule has 1 atom stereocenters. The monoisotopic (exact) mass is 397 g/mol. The highest BCUT2D eigenvalue weighted by Crippen LogP contribution is 2.26. The molecule has 156 valence electrons. The normalized spacial score (nSPS) is 15.0. The number of nitrogens with one attached hydrogen (secondary N) is 1. The van der Waals surface area contributed by atoms with Crippen molar-refractivity contribution in [2.24, 2.45) is 0 Å². The topological polar surface area (TPSA) is 54.0 Å². The lowest BCUT2D eigenvalue weighted by atomic mass is 10.0. The predicted molar refractivity (Wildman–Crippen MR) is 116 cm³/mol. The lowest BCUT2D eigenvalue weighted by molar-refractivity contribution is -0.123. The molecule has 0 spiro atoms. The number of hydrogen-bond acceptors (Lipinski definition) is 5. The van der Waals surface area contributed by atoms with Crippen molar-refractivity contribution in [1.29, 1.82) is 0 Å². The molecule has 2 aromatic carbocycles. The van der Waals surface area contributed by atoms with Gasteiger partial charge in [0.2, 0.25) is 0 Å². The molecule has 3 rings (SSSR count). The molecule has 2 aromatic rings. The van der Waals surface area contributed by atoms with Crippen LogP contribution in [0.15, 0.2) is 48.5 Å². The van der Waals surface area contributed by atoms with Crippen LogP contribution in [0.5, 0.6) is 11.5 Å². The minimum atomic E-state index is -0.123. The van der Waals surface area contributed by atoms with Gasteiger partial charge in [-0.05, 0) is 55.8 Å². The summed E-state index contributed by atoms with van der Waals surface area (Å²) in [5.74, 6) is 1.20. The molecule has 1 aliphatic heterocycles. The molecule has 0 bridgehead atoms. The number of ether oxygens (including phenoxy) is 2. The number of rotatable bonds is 9. The van der Waals surface area contributed by atoms with E-state index in [1.165, 1.54) is 24.1 Å². The SMILES string of the molecule is COc1cccc(OCC(=O)NCC(c2ccc(N(C)C)cc2)N2CCCC2)c1. The van der Waals surface area contributed by atoms with Crippen molar-refractivity contribution < 1.29 is 14.3 Å². The Morgan fingerprint density at radius 2 is 1.79 bits per heavy atom. The average Bonchev–Trinajstić information content (AvgIpc) is 3.27. The van der Waals surface area contributed by atoms with Crippen molar-refractivity contribution >= 4 is 11.6 Å². The van der Waals surface area contributed by atoms with Gasteiger partial charge in [-0.15, -0.1) is 0 Å². The fourth-order valence-electron chi connectivity index (χ4n) is 3.61. The lowest BCUT2D eigenvalue weighted by Gasteiger charge is -2.28. The first-order valence-electron chi connectivity index (χ1n) is 10.1. The molecule has 0 saturated carbocycles. The first-order chi connectivity index (χ1) is 14.1. The number of hydrogen-bond donors (Lipinski definition) is 1. The average molecular weight is 398 g/mol. The third-order valence-electron chi connectivity index (χ3n) is 5.28. The second-order valence-corrected chi connectivity index (χ2v) is 7.52. The van der Waals surface area contributed by atoms with Crippen LogP contribution in [0, 0.1) is 0 Å². The number of methoxy groups -OCH3 is 1. The van der Waals surface area contributed by atoms with Gasteiger partial charge in [-0.3, -0.25) is 9.69 Å². The highest BCUT2D eigenvalue weighted by molar-refractivity contribution is 5.77. The van der Waals surface area contributed by atoms with Gasteiger partial charge in [-0.1, -0.05) is 18.2 Å². The van der Waals surface area contributed by atoms with Crippen molar-refractivity contribution in [3.8, 4) is 11.5 Å². The van der Waals surface area contributed by atoms with Crippen LogP contribution in [0.4, 0.5) is 5.69 Å². The fourth-order valence-corrected chi connectivity index (χ4v) is 3.61. The Labute approximate surface area is 173 Å². The standard InChI is InChI=1S/C23H31N3O3/c1-25(2)19-11-9-18(10-12-19)22(26-13-4-5-14-26)16-24-23(27)17-29-21-8-6-7-20(15-21)28-3/h6-12,15,22H,4-5,13-14,16-17H2,1-3H3,(H,24,27). The Bertz CT molecular complexity index is 786. The van der Waals surface area contributed by atoms with E-state index in [9.17, 15) is 4.79 Å². The van der Waals surface area contributed by atoms with Crippen molar-refractivity contribution in [2.75, 3.05) is 52.3 Å². The van der Waals surface area contributed by atoms with E-state index in [0.29, 0.717) is 18.0 Å². The van der Waals surface area contributed by atoms with Gasteiger partial charge in [0.15, 0.2) is 6.61 Å². The molecule has 0 radical (unpaired) electrons. The van der Waals surface area contributed by atoms with E-state index in [0.717, 1.165) is 13.1 Å². The van der Waals surface area contributed by atoms with Crippen molar-refractivity contribution in [2.45, 2.75) is 18.9 Å². The van der Waals surface area contributed by atoms with E-state index in [4.69, 9.17) is 9.47 Å². The van der Waals surface area contributed by atoms with E-state index < -0.39 is 0 Å². The largest absolute Gasteiger partial charge is 0.497 e. The highest BCUT2D eigenvalue weighted by atomic mass is 16.5. The van der Waals surface area contributed by atoms with Crippen LogP contribution >= 0.6 is 0 Å². The second kappa shape index (κ2) is 10.2. The number of likely N-dealkylation sites (tertiary alicyclic amines) is 1. The van der Waals surface area contributed by atoms with Gasteiger partial charge in [-0.2, -0.15) is 0 Å². The summed E-state index contributed by atoms with van der Waals surface area (Å²) in [4.78, 5) is 16.9. The summed E-state index contributed by atoms with van der Waals surface area (Å²) >= 11 is 0. The van der Waals surface area contributed by atoms with Crippen LogP contribution in [0.3, 0.4) is 0 Å². The predicted octanol–water partition coefficient (Wildman–Crippen LogP) is 3.09. The molecule has 0 aliphatic carbocycles. The Kier molecular flexibility index (Phi) is 7.36. The zero-order valence-electron chi connectivity index (χ0n) is 17.6. The van der Waals surface area contributed by atoms with Gasteiger partial charge in [0.05, 0.1) is 13.2 Å². The molecule has 6 heteroatoms. The van der Waals surface area contributed by atoms with Gasteiger partial charge < -0.3 is 19.7 Å². The quantitative estimate of drug-likeness (QED) is 0.705. The molecular formula is C23H31N3O3. The van der Waals surface area contributed by atoms with Crippen LogP contribution in [0.1, 0.15) is 24.4 Å². The van der Waals surface area contributed by atoms with E-state index >= 15 is 0 Å². The van der Waals surface area contributed by atoms with E-state index in [-0.39, 0.29) is 18.6 Å². The highest BCUT2D eigenvalue weighted by Gasteiger charge is 2.24. The Morgan fingerprint density at radius 3 is 2.45 bits per heavy atom. The molecule has 0 aromatic heterocycles. The summed E-state index contributed by atoms with van der Waals surface area (Å²) in [6.07, 6.45) is 2.42. The van der Waals surface area contributed by atoms with Crippen LogP contribution in [0.2, 0.25) is 0 Å². The molecule has 1 N–H and O–H groups in total. The second-order valence-electron chi connectivity index (χ2n) is 7.52. The number of benzene rings is 2. The number of anilines is 1. The summed E-state index contributed by atoms with van der Waals surface area (Å²) in [7, 11) is 5.68. The number of nitrogens with zero attached hydrogens (tertiary/aromatic N) is 2. The summed E-state index contributed by atoms with van der Waals surface area (Å²) in [6, 6.07) is 16.0. The fraction of sp³-hybridized carbons (Fsp3) is 0.435. The maximum Gasteiger partial charge on any atom is 0.258 e. The van der Waals surface area contributed by atoms with E-state index in [1.807, 2.05) is 32.3 Å². The van der Waals surface area contributed by atoms with Crippen LogP contribution in [-0.2, 0) is 4.79 Å². The van der Waals surface area contributed by atoms with Gasteiger partial charge >= 0.3 is 0 Å². The molecule has 1 saturated heterocycles. The van der Waals surface area contributed by atoms with Gasteiger partial charge in [0.1, 0.15) is 11.5 Å². The van der Waals surface area contributed by atoms with Crippen LogP contribution < -0.4 is 19.7 Å². The Morgan fingerprint density at radius 1 is 1.10 bits per heavy atom. The first-order valence-corrected chi connectivity index (χ1v) is 10.1. The van der Waals surface area contributed by atoms with Crippen LogP contribution in [-0.4, -0.2) is 58.3 Å². The third-order valence-corrected chi connectivity index (χ3v) is 5.28. The maximum atomic E-state index is 12.4. The molecular weight excluding hydrogens is 366 g/mol. The first kappa shape index (κ1) is 21.0. The molecule has 1 amide bonds. The lowest BCUT2D eigenvalue weighted by Crippen LogP contribution is -2.38. The summed E-state index contributed by atoms with van der Waals surface area (Å²) in [5, 5.41) is 3.05. The number of amides is 1. The minimum absolute atomic E-state index is 0.0144. The van der Waals surface area contributed by atoms with Gasteiger partial charge in [-0.25, -0.2) is 0 Å². The Balaban J connectivity index is 1.58. The molecule has 6 nitrogen and oxygen atoms in total. The summed E-state index contributed by atoms with van der Waals surface area (Å²) in [5.41, 5.74) is 2.40. The van der Waals surface area contributed by atoms with Crippen molar-refractivity contribution in [1.82, 2.24) is 10.2 Å². The molecule has 1 heterocycles. The zero-order valence-corrected chi connectivity index (χ0v) is 17.6. The van der Waals surface area contributed by atoms with E-state index in [1.54, 1.807) is 13.2 Å². The summed E-state index contributed by atoms with van der Waals surface area (Å²) in [6.45, 7) is 2.69. The smallest absolute Gasteiger partial charge is 0.258 e. The minimum Gasteiger partial charge on any atom is -0.497 e. The molecule has 1 unspecified atom stereocenters. The van der Waals surface area contributed by atoms with Crippen LogP contribution in [0.25, 0.3) is 0 Å². The van der Waals surface area contributed by atoms with Gasteiger partial charge in [0, 0.05) is 32.4 Å². The number of carbonyl (C=O) groups excluding carboxylic acids is 1. The zero-order chi connectivity index (χ0) is 20.6. The molecule has 1 aliphatic rings. The molecule has 29 heavy (non-hydrogen) atoms. The van der Waals surface area contributed by atoms with Crippen molar-refractivity contribution in [3.05, 3.63) is 54.1 Å². The molecule has 1 fully saturated rings. The Hall–Kier alpha value is -2.73.